The first kappa shape index (κ1) is 14.0. The van der Waals surface area contributed by atoms with Gasteiger partial charge in [-0.3, -0.25) is 4.79 Å². The first-order valence-electron chi connectivity index (χ1n) is 6.91. The molecular weight excluding hydrogens is 286 g/mol. The van der Waals surface area contributed by atoms with Gasteiger partial charge in [-0.05, 0) is 36.2 Å². The van der Waals surface area contributed by atoms with Crippen LogP contribution < -0.4 is 10.1 Å². The number of para-hydroxylation sites is 1. The van der Waals surface area contributed by atoms with Crippen molar-refractivity contribution in [2.75, 3.05) is 19.0 Å². The minimum atomic E-state index is -0.117. The highest BCUT2D eigenvalue weighted by Gasteiger charge is 2.27. The fourth-order valence-electron chi connectivity index (χ4n) is 2.76. The summed E-state index contributed by atoms with van der Waals surface area (Å²) in [7, 11) is 1.55. The number of carbonyl (C=O) groups excluding carboxylic acids is 1. The Hall–Kier alpha value is -2.00. The second-order valence-corrected chi connectivity index (χ2v) is 5.48. The van der Waals surface area contributed by atoms with Gasteiger partial charge in [-0.15, -0.1) is 0 Å². The Morgan fingerprint density at radius 3 is 2.90 bits per heavy atom. The van der Waals surface area contributed by atoms with Crippen LogP contribution in [0.1, 0.15) is 28.3 Å². The van der Waals surface area contributed by atoms with Gasteiger partial charge in [0, 0.05) is 17.8 Å². The van der Waals surface area contributed by atoms with Crippen LogP contribution in [0, 0.1) is 0 Å². The Morgan fingerprint density at radius 2 is 2.10 bits per heavy atom. The van der Waals surface area contributed by atoms with Gasteiger partial charge in [-0.1, -0.05) is 29.8 Å². The van der Waals surface area contributed by atoms with Crippen LogP contribution >= 0.6 is 11.6 Å². The lowest BCUT2D eigenvalue weighted by Crippen LogP contribution is -2.23. The van der Waals surface area contributed by atoms with Gasteiger partial charge in [-0.25, -0.2) is 0 Å². The number of fused-ring (bicyclic) bond motifs is 1. The summed E-state index contributed by atoms with van der Waals surface area (Å²) < 4.78 is 5.20. The number of ether oxygens (including phenoxy) is 1. The van der Waals surface area contributed by atoms with Crippen molar-refractivity contribution in [1.29, 1.82) is 0 Å². The van der Waals surface area contributed by atoms with Gasteiger partial charge in [0.2, 0.25) is 0 Å². The minimum Gasteiger partial charge on any atom is -0.495 e. The van der Waals surface area contributed by atoms with Gasteiger partial charge in [0.15, 0.2) is 5.78 Å². The zero-order valence-corrected chi connectivity index (χ0v) is 12.5. The molecule has 2 aromatic carbocycles. The van der Waals surface area contributed by atoms with Crippen LogP contribution in [-0.2, 0) is 0 Å². The van der Waals surface area contributed by atoms with E-state index in [1.165, 1.54) is 0 Å². The summed E-state index contributed by atoms with van der Waals surface area (Å²) in [4.78, 5) is 12.8. The minimum absolute atomic E-state index is 0.110. The van der Waals surface area contributed by atoms with E-state index in [2.05, 4.69) is 5.32 Å². The largest absolute Gasteiger partial charge is 0.495 e. The van der Waals surface area contributed by atoms with E-state index in [0.29, 0.717) is 16.3 Å². The number of carbonyl (C=O) groups is 1. The molecular formula is C17H16ClNO2. The Labute approximate surface area is 128 Å². The zero-order chi connectivity index (χ0) is 14.8. The number of rotatable bonds is 3. The van der Waals surface area contributed by atoms with E-state index in [1.54, 1.807) is 25.3 Å². The molecule has 1 unspecified atom stereocenters. The third-order valence-electron chi connectivity index (χ3n) is 3.84. The summed E-state index contributed by atoms with van der Waals surface area (Å²) in [5.41, 5.74) is 2.74. The zero-order valence-electron chi connectivity index (χ0n) is 11.7. The van der Waals surface area contributed by atoms with Crippen LogP contribution in [0.2, 0.25) is 5.02 Å². The van der Waals surface area contributed by atoms with Crippen molar-refractivity contribution in [3.63, 3.8) is 0 Å². The van der Waals surface area contributed by atoms with Crippen LogP contribution in [0.3, 0.4) is 0 Å². The molecule has 1 atom stereocenters. The number of benzene rings is 2. The summed E-state index contributed by atoms with van der Waals surface area (Å²) >= 11 is 6.02. The molecule has 3 rings (SSSR count). The molecule has 2 aromatic rings. The van der Waals surface area contributed by atoms with E-state index in [0.717, 1.165) is 24.2 Å². The van der Waals surface area contributed by atoms with Crippen LogP contribution in [-0.4, -0.2) is 19.4 Å². The number of halogens is 1. The number of ketones is 1. The quantitative estimate of drug-likeness (QED) is 0.866. The molecule has 0 fully saturated rings. The van der Waals surface area contributed by atoms with Gasteiger partial charge in [0.1, 0.15) is 5.75 Å². The first-order valence-corrected chi connectivity index (χ1v) is 7.29. The maximum Gasteiger partial charge on any atom is 0.170 e. The lowest BCUT2D eigenvalue weighted by Gasteiger charge is -2.25. The van der Waals surface area contributed by atoms with E-state index in [-0.39, 0.29) is 11.7 Å². The molecule has 21 heavy (non-hydrogen) atoms. The van der Waals surface area contributed by atoms with Crippen LogP contribution in [0.5, 0.6) is 5.75 Å². The predicted molar refractivity (Wildman–Crippen MR) is 84.6 cm³/mol. The Balaban J connectivity index is 1.96. The SMILES string of the molecule is COc1cc(C(=O)C2CCNc3ccccc32)ccc1Cl. The van der Waals surface area contributed by atoms with Crippen LogP contribution in [0.4, 0.5) is 5.69 Å². The molecule has 0 aliphatic carbocycles. The molecule has 0 bridgehead atoms. The second-order valence-electron chi connectivity index (χ2n) is 5.07. The fourth-order valence-corrected chi connectivity index (χ4v) is 2.95. The van der Waals surface area contributed by atoms with Gasteiger partial charge in [0.05, 0.1) is 18.1 Å². The average Bonchev–Trinajstić information content (AvgIpc) is 2.54. The fraction of sp³-hybridized carbons (Fsp3) is 0.235. The summed E-state index contributed by atoms with van der Waals surface area (Å²) in [6.07, 6.45) is 0.792. The molecule has 1 N–H and O–H groups in total. The summed E-state index contributed by atoms with van der Waals surface area (Å²) in [6, 6.07) is 13.2. The molecule has 108 valence electrons. The second kappa shape index (κ2) is 5.78. The van der Waals surface area contributed by atoms with Crippen molar-refractivity contribution >= 4 is 23.1 Å². The van der Waals surface area contributed by atoms with E-state index in [9.17, 15) is 4.79 Å². The maximum atomic E-state index is 12.8. The number of Topliss-reactive ketones (excluding diaryl/α,β-unsaturated/α-hetero) is 1. The van der Waals surface area contributed by atoms with Gasteiger partial charge < -0.3 is 10.1 Å². The molecule has 0 saturated heterocycles. The lowest BCUT2D eigenvalue weighted by molar-refractivity contribution is 0.0955. The van der Waals surface area contributed by atoms with Crippen molar-refractivity contribution in [1.82, 2.24) is 0 Å². The predicted octanol–water partition coefficient (Wildman–Crippen LogP) is 4.13. The number of methoxy groups -OCH3 is 1. The van der Waals surface area contributed by atoms with Crippen molar-refractivity contribution in [3.05, 3.63) is 58.6 Å². The molecule has 4 heteroatoms. The molecule has 0 saturated carbocycles. The molecule has 0 amide bonds. The van der Waals surface area contributed by atoms with Gasteiger partial charge in [0.25, 0.3) is 0 Å². The monoisotopic (exact) mass is 301 g/mol. The maximum absolute atomic E-state index is 12.8. The van der Waals surface area contributed by atoms with Crippen molar-refractivity contribution in [2.24, 2.45) is 0 Å². The topological polar surface area (TPSA) is 38.3 Å². The standard InChI is InChI=1S/C17H16ClNO2/c1-21-16-10-11(6-7-14(16)18)17(20)13-8-9-19-15-5-3-2-4-12(13)15/h2-7,10,13,19H,8-9H2,1H3. The number of nitrogens with one attached hydrogen (secondary N) is 1. The van der Waals surface area contributed by atoms with E-state index in [1.807, 2.05) is 24.3 Å². The average molecular weight is 302 g/mol. The molecule has 1 aliphatic heterocycles. The molecule has 0 aromatic heterocycles. The van der Waals surface area contributed by atoms with E-state index >= 15 is 0 Å². The van der Waals surface area contributed by atoms with Gasteiger partial charge in [-0.2, -0.15) is 0 Å². The molecule has 0 radical (unpaired) electrons. The van der Waals surface area contributed by atoms with Crippen molar-refractivity contribution in [2.45, 2.75) is 12.3 Å². The summed E-state index contributed by atoms with van der Waals surface area (Å²) in [5.74, 6) is 0.525. The normalized spacial score (nSPS) is 16.8. The van der Waals surface area contributed by atoms with Crippen LogP contribution in [0.15, 0.2) is 42.5 Å². The van der Waals surface area contributed by atoms with Crippen molar-refractivity contribution < 1.29 is 9.53 Å². The highest BCUT2D eigenvalue weighted by atomic mass is 35.5. The van der Waals surface area contributed by atoms with E-state index < -0.39 is 0 Å². The van der Waals surface area contributed by atoms with Crippen LogP contribution in [0.25, 0.3) is 0 Å². The molecule has 1 aliphatic rings. The molecule has 1 heterocycles. The third kappa shape index (κ3) is 2.61. The smallest absolute Gasteiger partial charge is 0.170 e. The Morgan fingerprint density at radius 1 is 1.29 bits per heavy atom. The Bertz CT molecular complexity index is 684. The molecule has 0 spiro atoms. The molecule has 3 nitrogen and oxygen atoms in total. The lowest BCUT2D eigenvalue weighted by atomic mass is 9.85. The first-order chi connectivity index (χ1) is 10.2. The highest BCUT2D eigenvalue weighted by Crippen LogP contribution is 2.35. The van der Waals surface area contributed by atoms with E-state index in [4.69, 9.17) is 16.3 Å². The highest BCUT2D eigenvalue weighted by molar-refractivity contribution is 6.32. The summed E-state index contributed by atoms with van der Waals surface area (Å²) in [6.45, 7) is 0.804. The van der Waals surface area contributed by atoms with Gasteiger partial charge >= 0.3 is 0 Å². The number of hydrogen-bond donors (Lipinski definition) is 1. The third-order valence-corrected chi connectivity index (χ3v) is 4.15. The van der Waals surface area contributed by atoms with Crippen molar-refractivity contribution in [3.8, 4) is 5.75 Å². The number of hydrogen-bond acceptors (Lipinski definition) is 3. The number of anilines is 1. The Kier molecular flexibility index (Phi) is 3.84. The summed E-state index contributed by atoms with van der Waals surface area (Å²) in [5, 5.41) is 3.85.